The summed E-state index contributed by atoms with van der Waals surface area (Å²) in [5.41, 5.74) is 4.54. The molecule has 35 heavy (non-hydrogen) atoms. The minimum atomic E-state index is -0.627. The van der Waals surface area contributed by atoms with E-state index in [-0.39, 0.29) is 0 Å². The molecule has 0 N–H and O–H groups in total. The van der Waals surface area contributed by atoms with E-state index in [1.807, 2.05) is 0 Å². The molecule has 0 bridgehead atoms. The molecule has 0 amide bonds. The predicted molar refractivity (Wildman–Crippen MR) is 156 cm³/mol. The van der Waals surface area contributed by atoms with Crippen LogP contribution in [0.1, 0.15) is 18.1 Å². The van der Waals surface area contributed by atoms with Crippen LogP contribution in [0.25, 0.3) is 0 Å². The van der Waals surface area contributed by atoms with Gasteiger partial charge in [-0.2, -0.15) is 0 Å². The van der Waals surface area contributed by atoms with Crippen molar-refractivity contribution in [2.75, 3.05) is 0 Å². The van der Waals surface area contributed by atoms with Crippen LogP contribution in [0.15, 0.2) is 109 Å². The van der Waals surface area contributed by atoms with E-state index in [0.717, 1.165) is 0 Å². The van der Waals surface area contributed by atoms with Crippen molar-refractivity contribution in [2.45, 2.75) is 26.4 Å². The van der Waals surface area contributed by atoms with Gasteiger partial charge in [-0.05, 0) is 81.7 Å². The highest BCUT2D eigenvalue weighted by Gasteiger charge is 2.42. The van der Waals surface area contributed by atoms with E-state index in [1.165, 1.54) is 43.9 Å². The van der Waals surface area contributed by atoms with Crippen molar-refractivity contribution < 1.29 is 0 Å². The van der Waals surface area contributed by atoms with Gasteiger partial charge in [0.15, 0.2) is 0 Å². The van der Waals surface area contributed by atoms with E-state index in [9.17, 15) is 0 Å². The maximum Gasteiger partial charge on any atom is 0.0201 e. The third kappa shape index (κ3) is 5.45. The van der Waals surface area contributed by atoms with Crippen LogP contribution in [0.4, 0.5) is 0 Å². The Morgan fingerprint density at radius 1 is 0.543 bits per heavy atom. The molecular weight excluding hydrogens is 458 g/mol. The maximum absolute atomic E-state index is 2.44. The van der Waals surface area contributed by atoms with E-state index >= 15 is 0 Å². The van der Waals surface area contributed by atoms with Crippen LogP contribution in [0.5, 0.6) is 0 Å². The summed E-state index contributed by atoms with van der Waals surface area (Å²) in [6.45, 7) is 6.85. The van der Waals surface area contributed by atoms with Crippen LogP contribution in [-0.4, -0.2) is 5.66 Å². The molecule has 4 aromatic rings. The van der Waals surface area contributed by atoms with Crippen molar-refractivity contribution in [1.82, 2.24) is 0 Å². The van der Waals surface area contributed by atoms with Crippen molar-refractivity contribution in [1.29, 1.82) is 0 Å². The smallest absolute Gasteiger partial charge is 0.0201 e. The predicted octanol–water partition coefficient (Wildman–Crippen LogP) is 6.99. The van der Waals surface area contributed by atoms with Crippen molar-refractivity contribution in [3.8, 4) is 0 Å². The standard InChI is InChI=1S/C33H31P2/c1-25-13-10-19-30(23-25)34(31-20-11-14-26(2)24-31)27(3)32-21-12-22-33(32)35(28-15-6-4-7-16-28)29-17-8-5-9-18-29/h4-24,27H,1-3H3. The van der Waals surface area contributed by atoms with Crippen LogP contribution in [0, 0.1) is 44.7 Å². The second-order valence-corrected chi connectivity index (χ2v) is 13.8. The van der Waals surface area contributed by atoms with Gasteiger partial charge in [0.1, 0.15) is 0 Å². The summed E-state index contributed by atoms with van der Waals surface area (Å²) in [5, 5.41) is 5.72. The first kappa shape index (κ1) is 24.4. The molecule has 0 saturated heterocycles. The third-order valence-corrected chi connectivity index (χ3v) is 11.7. The van der Waals surface area contributed by atoms with Gasteiger partial charge in [-0.15, -0.1) is 0 Å². The van der Waals surface area contributed by atoms with E-state index in [0.29, 0.717) is 5.66 Å². The number of rotatable bonds is 7. The molecule has 173 valence electrons. The van der Waals surface area contributed by atoms with Gasteiger partial charge < -0.3 is 0 Å². The molecule has 0 nitrogen and oxygen atoms in total. The van der Waals surface area contributed by atoms with Gasteiger partial charge in [-0.3, -0.25) is 0 Å². The molecular formula is C33H31P2. The van der Waals surface area contributed by atoms with Crippen LogP contribution in [0.3, 0.4) is 0 Å². The first-order valence-electron chi connectivity index (χ1n) is 12.2. The summed E-state index contributed by atoms with van der Waals surface area (Å²) in [5.74, 6) is 1.48. The van der Waals surface area contributed by atoms with E-state index in [1.54, 1.807) is 0 Å². The lowest BCUT2D eigenvalue weighted by Gasteiger charge is -2.36. The topological polar surface area (TPSA) is 0 Å². The number of aryl methyl sites for hydroxylation is 2. The quantitative estimate of drug-likeness (QED) is 0.246. The molecule has 1 fully saturated rings. The Kier molecular flexibility index (Phi) is 7.82. The zero-order chi connectivity index (χ0) is 24.2. The SMILES string of the molecule is Cc1cccc(P(c2cccc(C)c2)C(C)[C]2[CH][CH][CH][C]2P(c2ccccc2)c2ccccc2)c1. The zero-order valence-electron chi connectivity index (χ0n) is 20.6. The molecule has 5 rings (SSSR count). The molecule has 1 atom stereocenters. The second kappa shape index (κ2) is 11.2. The van der Waals surface area contributed by atoms with Gasteiger partial charge in [0.2, 0.25) is 0 Å². The van der Waals surface area contributed by atoms with Gasteiger partial charge in [-0.25, -0.2) is 0 Å². The summed E-state index contributed by atoms with van der Waals surface area (Å²) < 4.78 is 0. The Labute approximate surface area is 214 Å². The average Bonchev–Trinajstić information content (AvgIpc) is 3.35. The van der Waals surface area contributed by atoms with Crippen molar-refractivity contribution in [2.24, 2.45) is 0 Å². The highest BCUT2D eigenvalue weighted by molar-refractivity contribution is 7.76. The molecule has 0 aromatic heterocycles. The lowest BCUT2D eigenvalue weighted by atomic mass is 10.0. The van der Waals surface area contributed by atoms with E-state index in [2.05, 4.69) is 149 Å². The van der Waals surface area contributed by atoms with Crippen molar-refractivity contribution >= 4 is 37.1 Å². The molecule has 1 aliphatic carbocycles. The number of benzene rings is 4. The van der Waals surface area contributed by atoms with Crippen LogP contribution >= 0.6 is 15.8 Å². The van der Waals surface area contributed by atoms with Crippen molar-refractivity contribution in [3.63, 3.8) is 0 Å². The summed E-state index contributed by atoms with van der Waals surface area (Å²) in [6.07, 6.45) is 7.02. The average molecular weight is 490 g/mol. The molecule has 5 radical (unpaired) electrons. The molecule has 4 aromatic carbocycles. The Hall–Kier alpha value is -2.26. The second-order valence-electron chi connectivity index (χ2n) is 9.10. The maximum atomic E-state index is 2.44. The fraction of sp³-hybridized carbons (Fsp3) is 0.121. The molecule has 1 unspecified atom stereocenters. The van der Waals surface area contributed by atoms with Gasteiger partial charge in [0.05, 0.1) is 0 Å². The number of hydrogen-bond donors (Lipinski definition) is 0. The lowest BCUT2D eigenvalue weighted by Crippen LogP contribution is -2.28. The summed E-state index contributed by atoms with van der Waals surface area (Å²) in [4.78, 5) is 0. The fourth-order valence-electron chi connectivity index (χ4n) is 4.85. The Bertz CT molecular complexity index is 1150. The van der Waals surface area contributed by atoms with Gasteiger partial charge >= 0.3 is 0 Å². The van der Waals surface area contributed by atoms with Gasteiger partial charge in [0.25, 0.3) is 0 Å². The minimum absolute atomic E-state index is 0.399. The van der Waals surface area contributed by atoms with Crippen LogP contribution in [-0.2, 0) is 0 Å². The Morgan fingerprint density at radius 2 is 1.03 bits per heavy atom. The Balaban J connectivity index is 1.57. The van der Waals surface area contributed by atoms with Crippen LogP contribution in [0.2, 0.25) is 0 Å². The lowest BCUT2D eigenvalue weighted by molar-refractivity contribution is 1.00. The summed E-state index contributed by atoms with van der Waals surface area (Å²) in [6, 6.07) is 40.4. The van der Waals surface area contributed by atoms with Crippen LogP contribution < -0.4 is 21.2 Å². The molecule has 0 spiro atoms. The highest BCUT2D eigenvalue weighted by atomic mass is 31.1. The highest BCUT2D eigenvalue weighted by Crippen LogP contribution is 2.61. The van der Waals surface area contributed by atoms with Gasteiger partial charge in [0, 0.05) is 5.66 Å². The zero-order valence-corrected chi connectivity index (χ0v) is 22.4. The largest absolute Gasteiger partial charge is 0.0622 e. The summed E-state index contributed by atoms with van der Waals surface area (Å²) >= 11 is 0. The molecule has 0 heterocycles. The van der Waals surface area contributed by atoms with E-state index in [4.69, 9.17) is 0 Å². The molecule has 1 aliphatic rings. The third-order valence-electron chi connectivity index (χ3n) is 6.49. The first-order chi connectivity index (χ1) is 17.1. The minimum Gasteiger partial charge on any atom is -0.0622 e. The van der Waals surface area contributed by atoms with E-state index < -0.39 is 15.8 Å². The number of hydrogen-bond acceptors (Lipinski definition) is 0. The normalized spacial score (nSPS) is 15.7. The first-order valence-corrected chi connectivity index (χ1v) is 15.0. The molecule has 1 saturated carbocycles. The molecule has 0 aliphatic heterocycles. The Morgan fingerprint density at radius 3 is 1.51 bits per heavy atom. The fourth-order valence-corrected chi connectivity index (χ4v) is 10.4. The van der Waals surface area contributed by atoms with Gasteiger partial charge in [-0.1, -0.05) is 127 Å². The summed E-state index contributed by atoms with van der Waals surface area (Å²) in [7, 11) is -1.19. The monoisotopic (exact) mass is 489 g/mol. The van der Waals surface area contributed by atoms with Crippen molar-refractivity contribution in [3.05, 3.63) is 151 Å². The molecule has 2 heteroatoms.